The first-order valence-corrected chi connectivity index (χ1v) is 15.2. The molecular weight excluding hydrogens is 593 g/mol. The molecule has 0 spiro atoms. The van der Waals surface area contributed by atoms with E-state index < -0.39 is 0 Å². The highest BCUT2D eigenvalue weighted by atomic mass is 32.2. The maximum absolute atomic E-state index is 14.0. The second kappa shape index (κ2) is 12.8. The number of fused-ring (bicyclic) bond motifs is 1. The highest BCUT2D eigenvalue weighted by Crippen LogP contribution is 2.31. The van der Waals surface area contributed by atoms with E-state index in [9.17, 15) is 9.59 Å². The standard InChI is InChI=1S/C30H28N4O5S3/c1-5-39-21-12-10-19(11-13-21)33-27-26(42-30(33)40)28(36)34(20-8-6-18(2)7-9-20)29(32-27)41-17-25(35)31-23-16-22(37-3)14-15-24(23)38-4/h6-16H,5,17H2,1-4H3,(H,31,35). The molecule has 2 heterocycles. The maximum Gasteiger partial charge on any atom is 0.278 e. The molecule has 9 nitrogen and oxygen atoms in total. The average Bonchev–Trinajstić information content (AvgIpc) is 3.33. The first kappa shape index (κ1) is 29.4. The van der Waals surface area contributed by atoms with Gasteiger partial charge in [0.25, 0.3) is 5.56 Å². The van der Waals surface area contributed by atoms with E-state index in [1.54, 1.807) is 29.9 Å². The number of benzene rings is 3. The summed E-state index contributed by atoms with van der Waals surface area (Å²) in [6.07, 6.45) is 0. The summed E-state index contributed by atoms with van der Waals surface area (Å²) in [6.45, 7) is 4.45. The molecule has 216 valence electrons. The molecule has 12 heteroatoms. The number of aromatic nitrogens is 3. The van der Waals surface area contributed by atoms with Gasteiger partial charge in [0.15, 0.2) is 14.8 Å². The van der Waals surface area contributed by atoms with Crippen LogP contribution < -0.4 is 25.1 Å². The minimum Gasteiger partial charge on any atom is -0.497 e. The lowest BCUT2D eigenvalue weighted by Gasteiger charge is -2.14. The van der Waals surface area contributed by atoms with Gasteiger partial charge in [-0.05, 0) is 74.6 Å². The van der Waals surface area contributed by atoms with Crippen molar-refractivity contribution in [3.05, 3.63) is 86.6 Å². The van der Waals surface area contributed by atoms with E-state index in [0.29, 0.717) is 48.9 Å². The smallest absolute Gasteiger partial charge is 0.278 e. The fraction of sp³-hybridized carbons (Fsp3) is 0.200. The van der Waals surface area contributed by atoms with Gasteiger partial charge in [0.2, 0.25) is 5.91 Å². The minimum atomic E-state index is -0.301. The van der Waals surface area contributed by atoms with E-state index in [2.05, 4.69) is 5.32 Å². The molecule has 5 aromatic rings. The van der Waals surface area contributed by atoms with Gasteiger partial charge in [-0.1, -0.05) is 40.8 Å². The van der Waals surface area contributed by atoms with Crippen molar-refractivity contribution < 1.29 is 19.0 Å². The summed E-state index contributed by atoms with van der Waals surface area (Å²) in [6, 6.07) is 20.2. The number of nitrogens with zero attached hydrogens (tertiary/aromatic N) is 3. The minimum absolute atomic E-state index is 0.0158. The van der Waals surface area contributed by atoms with Gasteiger partial charge in [0.1, 0.15) is 21.9 Å². The quantitative estimate of drug-likeness (QED) is 0.109. The molecule has 0 aliphatic carbocycles. The lowest BCUT2D eigenvalue weighted by molar-refractivity contribution is -0.113. The normalized spacial score (nSPS) is 11.0. The van der Waals surface area contributed by atoms with Crippen LogP contribution >= 0.6 is 35.3 Å². The third-order valence-electron chi connectivity index (χ3n) is 6.29. The number of thioether (sulfide) groups is 1. The number of nitrogens with one attached hydrogen (secondary N) is 1. The summed E-state index contributed by atoms with van der Waals surface area (Å²) in [4.78, 5) is 32.0. The number of carbonyl (C=O) groups excluding carboxylic acids is 1. The average molecular weight is 621 g/mol. The number of carbonyl (C=O) groups is 1. The number of hydrogen-bond donors (Lipinski definition) is 1. The van der Waals surface area contributed by atoms with Crippen LogP contribution in [0.25, 0.3) is 21.7 Å². The summed E-state index contributed by atoms with van der Waals surface area (Å²) in [5, 5.41) is 3.23. The molecular formula is C30H28N4O5S3. The Kier molecular flexibility index (Phi) is 8.95. The summed E-state index contributed by atoms with van der Waals surface area (Å²) in [7, 11) is 3.08. The molecule has 0 aliphatic rings. The van der Waals surface area contributed by atoms with Crippen LogP contribution in [0.4, 0.5) is 5.69 Å². The van der Waals surface area contributed by atoms with Crippen molar-refractivity contribution in [3.63, 3.8) is 0 Å². The SMILES string of the molecule is CCOc1ccc(-n2c(=S)sc3c(=O)n(-c4ccc(C)cc4)c(SCC(=O)Nc4cc(OC)ccc4OC)nc32)cc1. The molecule has 0 unspecified atom stereocenters. The van der Waals surface area contributed by atoms with Gasteiger partial charge in [-0.15, -0.1) is 0 Å². The zero-order valence-electron chi connectivity index (χ0n) is 23.4. The Labute approximate surface area is 255 Å². The van der Waals surface area contributed by atoms with Crippen molar-refractivity contribution in [1.82, 2.24) is 14.1 Å². The van der Waals surface area contributed by atoms with Gasteiger partial charge in [-0.2, -0.15) is 0 Å². The Morgan fingerprint density at radius 1 is 0.976 bits per heavy atom. The molecule has 0 saturated heterocycles. The Hall–Kier alpha value is -4.13. The number of ether oxygens (including phenoxy) is 3. The summed E-state index contributed by atoms with van der Waals surface area (Å²) < 4.78 is 20.4. The van der Waals surface area contributed by atoms with E-state index in [1.165, 1.54) is 23.0 Å². The predicted molar refractivity (Wildman–Crippen MR) is 170 cm³/mol. The number of rotatable bonds is 10. The lowest BCUT2D eigenvalue weighted by Crippen LogP contribution is -2.23. The van der Waals surface area contributed by atoms with Crippen molar-refractivity contribution in [2.75, 3.05) is 31.9 Å². The third kappa shape index (κ3) is 6.06. The Bertz CT molecular complexity index is 1860. The number of anilines is 1. The number of hydrogen-bond acceptors (Lipinski definition) is 9. The van der Waals surface area contributed by atoms with Gasteiger partial charge in [-0.3, -0.25) is 18.7 Å². The molecule has 5 rings (SSSR count). The third-order valence-corrected chi connectivity index (χ3v) is 8.58. The first-order valence-electron chi connectivity index (χ1n) is 13.0. The first-order chi connectivity index (χ1) is 20.3. The van der Waals surface area contributed by atoms with E-state index in [4.69, 9.17) is 31.4 Å². The highest BCUT2D eigenvalue weighted by molar-refractivity contribution is 7.99. The fourth-order valence-corrected chi connectivity index (χ4v) is 6.38. The predicted octanol–water partition coefficient (Wildman–Crippen LogP) is 6.42. The molecule has 0 atom stereocenters. The van der Waals surface area contributed by atoms with Gasteiger partial charge < -0.3 is 19.5 Å². The molecule has 1 N–H and O–H groups in total. The molecule has 3 aromatic carbocycles. The van der Waals surface area contributed by atoms with Crippen LogP contribution in [0.3, 0.4) is 0 Å². The number of amides is 1. The number of thiazole rings is 1. The molecule has 42 heavy (non-hydrogen) atoms. The van der Waals surface area contributed by atoms with Crippen molar-refractivity contribution in [2.45, 2.75) is 19.0 Å². The van der Waals surface area contributed by atoms with Crippen molar-refractivity contribution in [2.24, 2.45) is 0 Å². The fourth-order valence-electron chi connectivity index (χ4n) is 4.27. The Morgan fingerprint density at radius 3 is 2.31 bits per heavy atom. The van der Waals surface area contributed by atoms with Crippen molar-refractivity contribution in [1.29, 1.82) is 0 Å². The second-order valence-electron chi connectivity index (χ2n) is 9.06. The zero-order valence-corrected chi connectivity index (χ0v) is 25.8. The zero-order chi connectivity index (χ0) is 29.8. The largest absolute Gasteiger partial charge is 0.497 e. The topological polar surface area (TPSA) is 96.6 Å². The van der Waals surface area contributed by atoms with Crippen LogP contribution in [0.5, 0.6) is 17.2 Å². The number of aryl methyl sites for hydroxylation is 1. The molecule has 0 aliphatic heterocycles. The molecule has 1 amide bonds. The molecule has 0 fully saturated rings. The van der Waals surface area contributed by atoms with Crippen LogP contribution in [0, 0.1) is 10.9 Å². The lowest BCUT2D eigenvalue weighted by atomic mass is 10.2. The monoisotopic (exact) mass is 620 g/mol. The van der Waals surface area contributed by atoms with E-state index in [0.717, 1.165) is 28.8 Å². The maximum atomic E-state index is 14.0. The number of methoxy groups -OCH3 is 2. The van der Waals surface area contributed by atoms with Crippen LogP contribution in [0.2, 0.25) is 0 Å². The Morgan fingerprint density at radius 2 is 1.64 bits per heavy atom. The Balaban J connectivity index is 1.56. The second-order valence-corrected chi connectivity index (χ2v) is 11.6. The summed E-state index contributed by atoms with van der Waals surface area (Å²) >= 11 is 8.05. The van der Waals surface area contributed by atoms with Gasteiger partial charge in [0, 0.05) is 11.8 Å². The van der Waals surface area contributed by atoms with E-state index >= 15 is 0 Å². The van der Waals surface area contributed by atoms with Gasteiger partial charge in [0.05, 0.1) is 38.0 Å². The molecule has 0 radical (unpaired) electrons. The summed E-state index contributed by atoms with van der Waals surface area (Å²) in [5.41, 5.74) is 3.10. The van der Waals surface area contributed by atoms with Crippen LogP contribution in [0.1, 0.15) is 12.5 Å². The molecule has 0 bridgehead atoms. The van der Waals surface area contributed by atoms with Crippen LogP contribution in [0.15, 0.2) is 76.7 Å². The summed E-state index contributed by atoms with van der Waals surface area (Å²) in [5.74, 6) is 1.49. The molecule has 2 aromatic heterocycles. The van der Waals surface area contributed by atoms with E-state index in [1.807, 2.05) is 62.4 Å². The molecule has 0 saturated carbocycles. The van der Waals surface area contributed by atoms with Crippen LogP contribution in [-0.2, 0) is 4.79 Å². The van der Waals surface area contributed by atoms with Crippen molar-refractivity contribution in [3.8, 4) is 28.6 Å². The van der Waals surface area contributed by atoms with E-state index in [-0.39, 0.29) is 17.2 Å². The van der Waals surface area contributed by atoms with Crippen LogP contribution in [-0.4, -0.2) is 46.6 Å². The van der Waals surface area contributed by atoms with Gasteiger partial charge >= 0.3 is 0 Å². The highest BCUT2D eigenvalue weighted by Gasteiger charge is 2.20. The van der Waals surface area contributed by atoms with Gasteiger partial charge in [-0.25, -0.2) is 4.98 Å². The van der Waals surface area contributed by atoms with Crippen molar-refractivity contribution >= 4 is 57.3 Å².